The van der Waals surface area contributed by atoms with Crippen molar-refractivity contribution in [2.75, 3.05) is 6.54 Å². The molecule has 2 atom stereocenters. The summed E-state index contributed by atoms with van der Waals surface area (Å²) in [6.07, 6.45) is 3.83. The number of hydrogen-bond acceptors (Lipinski definition) is 3. The summed E-state index contributed by atoms with van der Waals surface area (Å²) < 4.78 is 27.7. The fourth-order valence-electron chi connectivity index (χ4n) is 2.64. The van der Waals surface area contributed by atoms with Crippen LogP contribution in [0.25, 0.3) is 0 Å². The van der Waals surface area contributed by atoms with Crippen LogP contribution in [0.1, 0.15) is 25.7 Å². The van der Waals surface area contributed by atoms with Crippen LogP contribution in [0.15, 0.2) is 23.1 Å². The number of nitrogens with one attached hydrogen (secondary N) is 1. The SMILES string of the molecule is Cl.NCC1CCCCC1NS(=O)(=O)c1c(Cl)cccc1Cl. The van der Waals surface area contributed by atoms with Gasteiger partial charge in [0.05, 0.1) is 10.0 Å². The van der Waals surface area contributed by atoms with Crippen LogP contribution in [-0.4, -0.2) is 21.0 Å². The Morgan fingerprint density at radius 2 is 1.76 bits per heavy atom. The maximum Gasteiger partial charge on any atom is 0.243 e. The minimum absolute atomic E-state index is 0. The quantitative estimate of drug-likeness (QED) is 0.851. The first-order valence-corrected chi connectivity index (χ1v) is 8.86. The summed E-state index contributed by atoms with van der Waals surface area (Å²) in [7, 11) is -3.73. The molecule has 0 amide bonds. The highest BCUT2D eigenvalue weighted by Crippen LogP contribution is 2.31. The van der Waals surface area contributed by atoms with Crippen molar-refractivity contribution < 1.29 is 8.42 Å². The van der Waals surface area contributed by atoms with Crippen molar-refractivity contribution in [3.8, 4) is 0 Å². The summed E-state index contributed by atoms with van der Waals surface area (Å²) in [5.74, 6) is 0.166. The predicted octanol–water partition coefficient (Wildman–Crippen LogP) is 3.21. The molecule has 21 heavy (non-hydrogen) atoms. The van der Waals surface area contributed by atoms with Crippen molar-refractivity contribution in [1.82, 2.24) is 4.72 Å². The molecule has 3 N–H and O–H groups in total. The molecule has 1 fully saturated rings. The smallest absolute Gasteiger partial charge is 0.243 e. The Morgan fingerprint density at radius 1 is 1.19 bits per heavy atom. The van der Waals surface area contributed by atoms with E-state index in [0.717, 1.165) is 25.7 Å². The van der Waals surface area contributed by atoms with Crippen LogP contribution in [0, 0.1) is 5.92 Å². The summed E-state index contributed by atoms with van der Waals surface area (Å²) >= 11 is 11.9. The van der Waals surface area contributed by atoms with Crippen molar-refractivity contribution in [3.05, 3.63) is 28.2 Å². The van der Waals surface area contributed by atoms with Gasteiger partial charge in [0.25, 0.3) is 0 Å². The van der Waals surface area contributed by atoms with Crippen LogP contribution in [0.5, 0.6) is 0 Å². The standard InChI is InChI=1S/C13H18Cl2N2O2S.ClH/c14-10-5-3-6-11(15)13(10)20(18,19)17-12-7-2-1-4-9(12)8-16;/h3,5-6,9,12,17H,1-2,4,7-8,16H2;1H. The van der Waals surface area contributed by atoms with E-state index >= 15 is 0 Å². The molecule has 120 valence electrons. The Kier molecular flexibility index (Phi) is 7.24. The first kappa shape index (κ1) is 19.0. The summed E-state index contributed by atoms with van der Waals surface area (Å²) in [6, 6.07) is 4.51. The molecule has 0 spiro atoms. The second kappa shape index (κ2) is 7.99. The van der Waals surface area contributed by atoms with Crippen LogP contribution in [0.3, 0.4) is 0 Å². The number of nitrogens with two attached hydrogens (primary N) is 1. The summed E-state index contributed by atoms with van der Waals surface area (Å²) in [6.45, 7) is 0.476. The highest BCUT2D eigenvalue weighted by molar-refractivity contribution is 7.89. The normalized spacial score (nSPS) is 22.6. The molecular weight excluding hydrogens is 355 g/mol. The molecule has 1 saturated carbocycles. The lowest BCUT2D eigenvalue weighted by molar-refractivity contribution is 0.296. The lowest BCUT2D eigenvalue weighted by Crippen LogP contribution is -2.44. The van der Waals surface area contributed by atoms with Gasteiger partial charge in [-0.25, -0.2) is 13.1 Å². The molecule has 1 aliphatic carbocycles. The van der Waals surface area contributed by atoms with E-state index in [2.05, 4.69) is 4.72 Å². The van der Waals surface area contributed by atoms with E-state index in [1.165, 1.54) is 12.1 Å². The largest absolute Gasteiger partial charge is 0.330 e. The van der Waals surface area contributed by atoms with Crippen LogP contribution in [0.4, 0.5) is 0 Å². The van der Waals surface area contributed by atoms with Crippen molar-refractivity contribution in [1.29, 1.82) is 0 Å². The molecule has 2 rings (SSSR count). The highest BCUT2D eigenvalue weighted by Gasteiger charge is 2.30. The number of benzene rings is 1. The topological polar surface area (TPSA) is 72.2 Å². The first-order valence-electron chi connectivity index (χ1n) is 6.62. The first-order chi connectivity index (χ1) is 9.45. The average Bonchev–Trinajstić information content (AvgIpc) is 2.38. The van der Waals surface area contributed by atoms with Crippen molar-refractivity contribution in [2.24, 2.45) is 11.7 Å². The van der Waals surface area contributed by atoms with Gasteiger partial charge in [-0.05, 0) is 37.4 Å². The zero-order valence-electron chi connectivity index (χ0n) is 11.4. The van der Waals surface area contributed by atoms with Gasteiger partial charge in [-0.3, -0.25) is 0 Å². The van der Waals surface area contributed by atoms with E-state index in [1.54, 1.807) is 6.07 Å². The molecule has 2 unspecified atom stereocenters. The predicted molar refractivity (Wildman–Crippen MR) is 88.8 cm³/mol. The van der Waals surface area contributed by atoms with Gasteiger partial charge in [-0.2, -0.15) is 0 Å². The average molecular weight is 374 g/mol. The van der Waals surface area contributed by atoms with Crippen molar-refractivity contribution >= 4 is 45.6 Å². The van der Waals surface area contributed by atoms with Gasteiger partial charge in [0, 0.05) is 6.04 Å². The van der Waals surface area contributed by atoms with E-state index in [-0.39, 0.29) is 39.3 Å². The van der Waals surface area contributed by atoms with Crippen LogP contribution in [0.2, 0.25) is 10.0 Å². The molecule has 1 aliphatic rings. The minimum Gasteiger partial charge on any atom is -0.330 e. The summed E-state index contributed by atoms with van der Waals surface area (Å²) in [5.41, 5.74) is 5.72. The lowest BCUT2D eigenvalue weighted by atomic mass is 9.85. The molecule has 0 heterocycles. The summed E-state index contributed by atoms with van der Waals surface area (Å²) in [5, 5.41) is 0.259. The van der Waals surface area contributed by atoms with E-state index in [4.69, 9.17) is 28.9 Å². The van der Waals surface area contributed by atoms with Crippen molar-refractivity contribution in [2.45, 2.75) is 36.6 Å². The number of sulfonamides is 1. The van der Waals surface area contributed by atoms with Gasteiger partial charge in [0.1, 0.15) is 4.90 Å². The molecule has 0 saturated heterocycles. The number of rotatable bonds is 4. The number of hydrogen-bond donors (Lipinski definition) is 2. The Bertz CT molecular complexity index is 561. The van der Waals surface area contributed by atoms with Crippen molar-refractivity contribution in [3.63, 3.8) is 0 Å². The fraction of sp³-hybridized carbons (Fsp3) is 0.538. The number of halogens is 3. The lowest BCUT2D eigenvalue weighted by Gasteiger charge is -2.31. The molecule has 1 aromatic rings. The maximum absolute atomic E-state index is 12.5. The molecule has 8 heteroatoms. The fourth-order valence-corrected chi connectivity index (χ4v) is 5.13. The molecule has 0 radical (unpaired) electrons. The second-order valence-corrected chi connectivity index (χ2v) is 7.52. The third kappa shape index (κ3) is 4.47. The highest BCUT2D eigenvalue weighted by atomic mass is 35.5. The summed E-state index contributed by atoms with van der Waals surface area (Å²) in [4.78, 5) is -0.0512. The third-order valence-electron chi connectivity index (χ3n) is 3.71. The monoisotopic (exact) mass is 372 g/mol. The Labute approximate surface area is 141 Å². The minimum atomic E-state index is -3.73. The van der Waals surface area contributed by atoms with E-state index in [0.29, 0.717) is 6.54 Å². The van der Waals surface area contributed by atoms with Gasteiger partial charge in [0.2, 0.25) is 10.0 Å². The molecule has 4 nitrogen and oxygen atoms in total. The van der Waals surface area contributed by atoms with Crippen LogP contribution < -0.4 is 10.5 Å². The van der Waals surface area contributed by atoms with Gasteiger partial charge < -0.3 is 5.73 Å². The third-order valence-corrected chi connectivity index (χ3v) is 6.15. The molecule has 0 bridgehead atoms. The zero-order chi connectivity index (χ0) is 14.8. The molecule has 1 aromatic carbocycles. The van der Waals surface area contributed by atoms with Crippen LogP contribution in [-0.2, 0) is 10.0 Å². The van der Waals surface area contributed by atoms with E-state index in [1.807, 2.05) is 0 Å². The molecule has 0 aromatic heterocycles. The Morgan fingerprint density at radius 3 is 2.33 bits per heavy atom. The van der Waals surface area contributed by atoms with Gasteiger partial charge in [0.15, 0.2) is 0 Å². The van der Waals surface area contributed by atoms with Gasteiger partial charge in [-0.15, -0.1) is 12.4 Å². The van der Waals surface area contributed by atoms with E-state index < -0.39 is 10.0 Å². The zero-order valence-corrected chi connectivity index (χ0v) is 14.5. The maximum atomic E-state index is 12.5. The van der Waals surface area contributed by atoms with Crippen LogP contribution >= 0.6 is 35.6 Å². The molecule has 0 aliphatic heterocycles. The van der Waals surface area contributed by atoms with E-state index in [9.17, 15) is 8.42 Å². The van der Waals surface area contributed by atoms with Gasteiger partial charge in [-0.1, -0.05) is 42.1 Å². The Hall–Kier alpha value is -0.0400. The Balaban J connectivity index is 0.00000220. The molecular formula is C13H19Cl3N2O2S. The van der Waals surface area contributed by atoms with Gasteiger partial charge >= 0.3 is 0 Å². The second-order valence-electron chi connectivity index (χ2n) is 5.06.